The van der Waals surface area contributed by atoms with Crippen molar-refractivity contribution in [3.05, 3.63) is 41.5 Å². The van der Waals surface area contributed by atoms with Gasteiger partial charge in [-0.05, 0) is 5.18 Å². The largest absolute Gasteiger partial charge is 0.296 e. The third-order valence-electron chi connectivity index (χ3n) is 1.01. The molecule has 0 aliphatic rings. The maximum Gasteiger partial charge on any atom is 0.109 e. The lowest BCUT2D eigenvalue weighted by Crippen LogP contribution is -1.85. The maximum atomic E-state index is 10.0. The number of hydrogen-bond donors (Lipinski definition) is 0. The highest BCUT2D eigenvalue weighted by molar-refractivity contribution is 5.84. The molecule has 0 aliphatic carbocycles. The highest BCUT2D eigenvalue weighted by Crippen LogP contribution is 2.05. The van der Waals surface area contributed by atoms with Crippen LogP contribution in [0.2, 0.25) is 0 Å². The predicted octanol–water partition coefficient (Wildman–Crippen LogP) is 2.08. The van der Waals surface area contributed by atoms with Crippen LogP contribution in [0.25, 0.3) is 0 Å². The Morgan fingerprint density at radius 3 is 2.55 bits per heavy atom. The molecule has 0 aliphatic heterocycles. The molecule has 3 heteroatoms. The van der Waals surface area contributed by atoms with Gasteiger partial charge in [0.2, 0.25) is 0 Å². The van der Waals surface area contributed by atoms with Gasteiger partial charge in [-0.2, -0.15) is 0 Å². The van der Waals surface area contributed by atoms with Gasteiger partial charge >= 0.3 is 0 Å². The van der Waals surface area contributed by atoms with Crippen molar-refractivity contribution in [1.29, 1.82) is 0 Å². The predicted molar refractivity (Wildman–Crippen MR) is 47.6 cm³/mol. The molecule has 0 spiro atoms. The standard InChI is InChI=1S/C8H10N2O/c1-4-5-8(6-9-3)7(2)10-11/h4-6H,1-2H2,3H3/b8-5+,9-6?. The van der Waals surface area contributed by atoms with Gasteiger partial charge in [0, 0.05) is 18.8 Å². The summed E-state index contributed by atoms with van der Waals surface area (Å²) in [6.07, 6.45) is 4.68. The maximum absolute atomic E-state index is 10.0. The van der Waals surface area contributed by atoms with Crippen LogP contribution in [0.4, 0.5) is 0 Å². The number of rotatable bonds is 4. The van der Waals surface area contributed by atoms with Crippen LogP contribution >= 0.6 is 0 Å². The quantitative estimate of drug-likeness (QED) is 0.343. The average molecular weight is 150 g/mol. The van der Waals surface area contributed by atoms with Gasteiger partial charge in [-0.25, -0.2) is 0 Å². The first-order chi connectivity index (χ1) is 5.26. The van der Waals surface area contributed by atoms with E-state index in [2.05, 4.69) is 23.3 Å². The van der Waals surface area contributed by atoms with E-state index >= 15 is 0 Å². The van der Waals surface area contributed by atoms with Gasteiger partial charge in [0.05, 0.1) is 0 Å². The van der Waals surface area contributed by atoms with Crippen molar-refractivity contribution >= 4 is 6.21 Å². The zero-order valence-corrected chi connectivity index (χ0v) is 6.45. The van der Waals surface area contributed by atoms with Crippen LogP contribution in [-0.2, 0) is 0 Å². The summed E-state index contributed by atoms with van der Waals surface area (Å²) in [6, 6.07) is 0. The van der Waals surface area contributed by atoms with E-state index in [1.54, 1.807) is 19.2 Å². The number of allylic oxidation sites excluding steroid dienone is 3. The second-order valence-electron chi connectivity index (χ2n) is 1.78. The Morgan fingerprint density at radius 2 is 2.18 bits per heavy atom. The van der Waals surface area contributed by atoms with E-state index in [-0.39, 0.29) is 5.70 Å². The second kappa shape index (κ2) is 5.29. The highest BCUT2D eigenvalue weighted by Gasteiger charge is 1.96. The Kier molecular flexibility index (Phi) is 4.56. The van der Waals surface area contributed by atoms with Crippen LogP contribution < -0.4 is 0 Å². The van der Waals surface area contributed by atoms with Gasteiger partial charge < -0.3 is 0 Å². The van der Waals surface area contributed by atoms with Crippen molar-refractivity contribution in [3.8, 4) is 0 Å². The van der Waals surface area contributed by atoms with Crippen molar-refractivity contribution in [1.82, 2.24) is 0 Å². The summed E-state index contributed by atoms with van der Waals surface area (Å²) in [6.45, 7) is 6.90. The summed E-state index contributed by atoms with van der Waals surface area (Å²) in [7, 11) is 1.61. The summed E-state index contributed by atoms with van der Waals surface area (Å²) in [5.74, 6) is 0. The van der Waals surface area contributed by atoms with E-state index in [1.807, 2.05) is 0 Å². The molecule has 0 heterocycles. The summed E-state index contributed by atoms with van der Waals surface area (Å²) >= 11 is 0. The van der Waals surface area contributed by atoms with Crippen LogP contribution in [0.15, 0.2) is 46.7 Å². The molecule has 0 saturated heterocycles. The Labute approximate surface area is 65.8 Å². The second-order valence-corrected chi connectivity index (χ2v) is 1.78. The van der Waals surface area contributed by atoms with Crippen molar-refractivity contribution in [2.24, 2.45) is 10.2 Å². The Hall–Kier alpha value is -1.51. The molecule has 0 aromatic rings. The van der Waals surface area contributed by atoms with Gasteiger partial charge in [0.15, 0.2) is 0 Å². The highest BCUT2D eigenvalue weighted by atomic mass is 16.3. The van der Waals surface area contributed by atoms with Gasteiger partial charge in [-0.3, -0.25) is 4.99 Å². The Morgan fingerprint density at radius 1 is 1.55 bits per heavy atom. The van der Waals surface area contributed by atoms with Crippen LogP contribution in [0, 0.1) is 4.91 Å². The van der Waals surface area contributed by atoms with Crippen LogP contribution in [0.1, 0.15) is 0 Å². The van der Waals surface area contributed by atoms with Gasteiger partial charge in [-0.1, -0.05) is 25.3 Å². The average Bonchev–Trinajstić information content (AvgIpc) is 2.03. The lowest BCUT2D eigenvalue weighted by atomic mass is 10.2. The number of aliphatic imine (C=N–C) groups is 1. The molecule has 0 amide bonds. The van der Waals surface area contributed by atoms with Crippen molar-refractivity contribution in [3.63, 3.8) is 0 Å². The monoisotopic (exact) mass is 150 g/mol. The zero-order chi connectivity index (χ0) is 8.69. The molecule has 11 heavy (non-hydrogen) atoms. The molecule has 58 valence electrons. The molecule has 0 fully saturated rings. The Balaban J connectivity index is 4.59. The van der Waals surface area contributed by atoms with E-state index in [9.17, 15) is 4.91 Å². The van der Waals surface area contributed by atoms with E-state index < -0.39 is 0 Å². The van der Waals surface area contributed by atoms with Gasteiger partial charge in [0.25, 0.3) is 0 Å². The minimum atomic E-state index is 0.163. The number of hydrogen-bond acceptors (Lipinski definition) is 3. The fraction of sp³-hybridized carbons (Fsp3) is 0.125. The van der Waals surface area contributed by atoms with E-state index in [0.717, 1.165) is 0 Å². The molecule has 3 nitrogen and oxygen atoms in total. The molecular formula is C8H10N2O. The molecule has 0 unspecified atom stereocenters. The first-order valence-corrected chi connectivity index (χ1v) is 3.03. The lowest BCUT2D eigenvalue weighted by Gasteiger charge is -1.92. The fourth-order valence-corrected chi connectivity index (χ4v) is 0.532. The molecule has 0 atom stereocenters. The Bertz CT molecular complexity index is 226. The third kappa shape index (κ3) is 3.25. The first-order valence-electron chi connectivity index (χ1n) is 3.03. The minimum absolute atomic E-state index is 0.163. The van der Waals surface area contributed by atoms with Gasteiger partial charge in [-0.15, -0.1) is 4.91 Å². The molecule has 0 aromatic heterocycles. The smallest absolute Gasteiger partial charge is 0.109 e. The zero-order valence-electron chi connectivity index (χ0n) is 6.45. The first kappa shape index (κ1) is 9.49. The fourth-order valence-electron chi connectivity index (χ4n) is 0.532. The van der Waals surface area contributed by atoms with E-state index in [0.29, 0.717) is 5.57 Å². The van der Waals surface area contributed by atoms with Crippen molar-refractivity contribution < 1.29 is 0 Å². The topological polar surface area (TPSA) is 41.8 Å². The summed E-state index contributed by atoms with van der Waals surface area (Å²) in [4.78, 5) is 13.7. The van der Waals surface area contributed by atoms with Crippen molar-refractivity contribution in [2.75, 3.05) is 7.05 Å². The van der Waals surface area contributed by atoms with E-state index in [1.165, 1.54) is 6.21 Å². The van der Waals surface area contributed by atoms with Crippen molar-refractivity contribution in [2.45, 2.75) is 0 Å². The molecular weight excluding hydrogens is 140 g/mol. The van der Waals surface area contributed by atoms with E-state index in [4.69, 9.17) is 0 Å². The molecule has 0 aromatic carbocycles. The minimum Gasteiger partial charge on any atom is -0.296 e. The SMILES string of the molecule is C=C/C=C(\C=NC)C(=C)N=O. The molecule has 0 bridgehead atoms. The van der Waals surface area contributed by atoms with Crippen LogP contribution in [0.5, 0.6) is 0 Å². The number of nitroso groups, excluding NO2 is 1. The van der Waals surface area contributed by atoms with Crippen LogP contribution in [0.3, 0.4) is 0 Å². The molecule has 0 saturated carbocycles. The summed E-state index contributed by atoms with van der Waals surface area (Å²) in [5, 5.41) is 2.67. The lowest BCUT2D eigenvalue weighted by molar-refractivity contribution is 1.36. The van der Waals surface area contributed by atoms with Gasteiger partial charge in [0.1, 0.15) is 5.70 Å². The molecule has 0 N–H and O–H groups in total. The number of nitrogens with zero attached hydrogens (tertiary/aromatic N) is 2. The summed E-state index contributed by atoms with van der Waals surface area (Å²) < 4.78 is 0. The summed E-state index contributed by atoms with van der Waals surface area (Å²) in [5.41, 5.74) is 0.744. The molecule has 0 rings (SSSR count). The normalized spacial score (nSPS) is 11.5. The van der Waals surface area contributed by atoms with Crippen LogP contribution in [-0.4, -0.2) is 13.3 Å². The third-order valence-corrected chi connectivity index (χ3v) is 1.01. The molecule has 0 radical (unpaired) electrons.